The van der Waals surface area contributed by atoms with E-state index in [1.165, 1.54) is 0 Å². The lowest BCUT2D eigenvalue weighted by atomic mass is 10.3. The third-order valence-corrected chi connectivity index (χ3v) is 3.12. The lowest BCUT2D eigenvalue weighted by Gasteiger charge is -2.15. The van der Waals surface area contributed by atoms with Crippen molar-refractivity contribution in [2.75, 3.05) is 26.3 Å². The van der Waals surface area contributed by atoms with Crippen LogP contribution in [0.1, 0.15) is 26.2 Å². The highest BCUT2D eigenvalue weighted by Crippen LogP contribution is 2.18. The summed E-state index contributed by atoms with van der Waals surface area (Å²) in [5.41, 5.74) is 0. The summed E-state index contributed by atoms with van der Waals surface area (Å²) in [7, 11) is 0. The molecule has 4 nitrogen and oxygen atoms in total. The summed E-state index contributed by atoms with van der Waals surface area (Å²) < 4.78 is 11.0. The van der Waals surface area contributed by atoms with Gasteiger partial charge in [0.05, 0.1) is 6.61 Å². The summed E-state index contributed by atoms with van der Waals surface area (Å²) in [6.07, 6.45) is 3.20. The molecular formula is C15H21NO3. The number of hydrogen-bond donors (Lipinski definition) is 0. The van der Waals surface area contributed by atoms with E-state index in [2.05, 4.69) is 6.92 Å². The molecule has 1 heterocycles. The average Bonchev–Trinajstić information content (AvgIpc) is 2.98. The van der Waals surface area contributed by atoms with Gasteiger partial charge in [-0.1, -0.05) is 6.92 Å². The van der Waals surface area contributed by atoms with E-state index in [0.717, 1.165) is 38.1 Å². The van der Waals surface area contributed by atoms with Gasteiger partial charge in [0.1, 0.15) is 11.5 Å². The number of benzene rings is 1. The van der Waals surface area contributed by atoms with Gasteiger partial charge in [-0.25, -0.2) is 0 Å². The van der Waals surface area contributed by atoms with Crippen molar-refractivity contribution in [3.8, 4) is 11.5 Å². The fourth-order valence-corrected chi connectivity index (χ4v) is 2.05. The van der Waals surface area contributed by atoms with Crippen molar-refractivity contribution in [2.45, 2.75) is 26.2 Å². The maximum atomic E-state index is 11.8. The number of hydrogen-bond acceptors (Lipinski definition) is 3. The molecular weight excluding hydrogens is 242 g/mol. The summed E-state index contributed by atoms with van der Waals surface area (Å²) >= 11 is 0. The minimum absolute atomic E-state index is 0.0730. The fourth-order valence-electron chi connectivity index (χ4n) is 2.05. The molecule has 1 fully saturated rings. The van der Waals surface area contributed by atoms with Gasteiger partial charge in [-0.15, -0.1) is 0 Å². The van der Waals surface area contributed by atoms with Crippen molar-refractivity contribution < 1.29 is 14.3 Å². The number of amides is 1. The molecule has 0 atom stereocenters. The van der Waals surface area contributed by atoms with Crippen molar-refractivity contribution in [1.82, 2.24) is 4.90 Å². The maximum Gasteiger partial charge on any atom is 0.260 e. The molecule has 0 N–H and O–H groups in total. The molecule has 1 saturated heterocycles. The maximum absolute atomic E-state index is 11.8. The monoisotopic (exact) mass is 263 g/mol. The zero-order valence-electron chi connectivity index (χ0n) is 11.4. The lowest BCUT2D eigenvalue weighted by molar-refractivity contribution is -0.132. The molecule has 0 aromatic heterocycles. The van der Waals surface area contributed by atoms with E-state index in [9.17, 15) is 4.79 Å². The normalized spacial score (nSPS) is 14.5. The molecule has 1 aliphatic heterocycles. The summed E-state index contributed by atoms with van der Waals surface area (Å²) in [5.74, 6) is 1.61. The number of carbonyl (C=O) groups excluding carboxylic acids is 1. The molecule has 0 spiro atoms. The number of carbonyl (C=O) groups is 1. The molecule has 0 unspecified atom stereocenters. The highest BCUT2D eigenvalue weighted by atomic mass is 16.5. The minimum atomic E-state index is 0.0730. The van der Waals surface area contributed by atoms with Gasteiger partial charge in [0, 0.05) is 13.1 Å². The minimum Gasteiger partial charge on any atom is -0.494 e. The molecule has 1 amide bonds. The van der Waals surface area contributed by atoms with Gasteiger partial charge >= 0.3 is 0 Å². The van der Waals surface area contributed by atoms with Crippen molar-refractivity contribution >= 4 is 5.91 Å². The Morgan fingerprint density at radius 1 is 1.11 bits per heavy atom. The first-order valence-corrected chi connectivity index (χ1v) is 6.93. The van der Waals surface area contributed by atoms with E-state index < -0.39 is 0 Å². The number of likely N-dealkylation sites (tertiary alicyclic amines) is 1. The number of ether oxygens (including phenoxy) is 2. The Morgan fingerprint density at radius 2 is 1.68 bits per heavy atom. The van der Waals surface area contributed by atoms with E-state index in [1.54, 1.807) is 0 Å². The summed E-state index contributed by atoms with van der Waals surface area (Å²) in [5, 5.41) is 0. The zero-order valence-corrected chi connectivity index (χ0v) is 11.4. The highest BCUT2D eigenvalue weighted by Gasteiger charge is 2.17. The van der Waals surface area contributed by atoms with Crippen molar-refractivity contribution in [3.05, 3.63) is 24.3 Å². The molecule has 0 bridgehead atoms. The number of rotatable bonds is 6. The fraction of sp³-hybridized carbons (Fsp3) is 0.533. The molecule has 0 aliphatic carbocycles. The quantitative estimate of drug-likeness (QED) is 0.791. The van der Waals surface area contributed by atoms with Crippen LogP contribution in [-0.4, -0.2) is 37.1 Å². The topological polar surface area (TPSA) is 38.8 Å². The predicted octanol–water partition coefficient (Wildman–Crippen LogP) is 2.48. The van der Waals surface area contributed by atoms with Crippen LogP contribution in [0.15, 0.2) is 24.3 Å². The van der Waals surface area contributed by atoms with E-state index >= 15 is 0 Å². The van der Waals surface area contributed by atoms with Crippen LogP contribution in [0.25, 0.3) is 0 Å². The summed E-state index contributed by atoms with van der Waals surface area (Å²) in [4.78, 5) is 13.7. The van der Waals surface area contributed by atoms with Crippen LogP contribution in [0.5, 0.6) is 11.5 Å². The molecule has 0 saturated carbocycles. The van der Waals surface area contributed by atoms with E-state index in [1.807, 2.05) is 29.2 Å². The smallest absolute Gasteiger partial charge is 0.260 e. The van der Waals surface area contributed by atoms with Crippen LogP contribution >= 0.6 is 0 Å². The van der Waals surface area contributed by atoms with Gasteiger partial charge < -0.3 is 14.4 Å². The van der Waals surface area contributed by atoms with Crippen molar-refractivity contribution in [1.29, 1.82) is 0 Å². The van der Waals surface area contributed by atoms with Crippen LogP contribution in [-0.2, 0) is 4.79 Å². The van der Waals surface area contributed by atoms with E-state index in [4.69, 9.17) is 9.47 Å². The van der Waals surface area contributed by atoms with Gasteiger partial charge in [-0.3, -0.25) is 4.79 Å². The highest BCUT2D eigenvalue weighted by molar-refractivity contribution is 5.78. The molecule has 104 valence electrons. The molecule has 0 radical (unpaired) electrons. The first-order chi connectivity index (χ1) is 9.29. The second-order valence-electron chi connectivity index (χ2n) is 4.70. The molecule has 1 aliphatic rings. The van der Waals surface area contributed by atoms with Crippen LogP contribution in [0.4, 0.5) is 0 Å². The second kappa shape index (κ2) is 7.02. The Balaban J connectivity index is 1.77. The van der Waals surface area contributed by atoms with Gasteiger partial charge in [-0.2, -0.15) is 0 Å². The molecule has 1 aromatic carbocycles. The standard InChI is InChI=1S/C15H21NO3/c1-2-11-18-13-5-7-14(8-6-13)19-12-15(17)16-9-3-4-10-16/h5-8H,2-4,9-12H2,1H3. The van der Waals surface area contributed by atoms with Gasteiger partial charge in [0.25, 0.3) is 5.91 Å². The Bertz CT molecular complexity index is 396. The van der Waals surface area contributed by atoms with E-state index in [0.29, 0.717) is 12.4 Å². The summed E-state index contributed by atoms with van der Waals surface area (Å²) in [6, 6.07) is 7.40. The van der Waals surface area contributed by atoms with Crippen LogP contribution in [0.2, 0.25) is 0 Å². The van der Waals surface area contributed by atoms with Crippen LogP contribution in [0, 0.1) is 0 Å². The predicted molar refractivity (Wildman–Crippen MR) is 73.5 cm³/mol. The van der Waals surface area contributed by atoms with Gasteiger partial charge in [0.2, 0.25) is 0 Å². The molecule has 2 rings (SSSR count). The average molecular weight is 263 g/mol. The SMILES string of the molecule is CCCOc1ccc(OCC(=O)N2CCCC2)cc1. The van der Waals surface area contributed by atoms with Gasteiger partial charge in [-0.05, 0) is 43.5 Å². The Morgan fingerprint density at radius 3 is 2.26 bits per heavy atom. The Kier molecular flexibility index (Phi) is 5.07. The van der Waals surface area contributed by atoms with Crippen molar-refractivity contribution in [3.63, 3.8) is 0 Å². The zero-order chi connectivity index (χ0) is 13.5. The molecule has 19 heavy (non-hydrogen) atoms. The summed E-state index contributed by atoms with van der Waals surface area (Å²) in [6.45, 7) is 4.64. The molecule has 4 heteroatoms. The Labute approximate surface area is 114 Å². The first-order valence-electron chi connectivity index (χ1n) is 6.93. The van der Waals surface area contributed by atoms with E-state index in [-0.39, 0.29) is 12.5 Å². The third-order valence-electron chi connectivity index (χ3n) is 3.12. The second-order valence-corrected chi connectivity index (χ2v) is 4.70. The first kappa shape index (κ1) is 13.7. The Hall–Kier alpha value is -1.71. The van der Waals surface area contributed by atoms with Gasteiger partial charge in [0.15, 0.2) is 6.61 Å². The van der Waals surface area contributed by atoms with Crippen molar-refractivity contribution in [2.24, 2.45) is 0 Å². The lowest BCUT2D eigenvalue weighted by Crippen LogP contribution is -2.32. The largest absolute Gasteiger partial charge is 0.494 e. The van der Waals surface area contributed by atoms with Crippen LogP contribution in [0.3, 0.4) is 0 Å². The number of nitrogens with zero attached hydrogens (tertiary/aromatic N) is 1. The third kappa shape index (κ3) is 4.16. The van der Waals surface area contributed by atoms with Crippen LogP contribution < -0.4 is 9.47 Å². The molecule has 1 aromatic rings.